The summed E-state index contributed by atoms with van der Waals surface area (Å²) in [4.78, 5) is 15.8. The molecule has 1 aliphatic carbocycles. The maximum Gasteiger partial charge on any atom is 0.314 e. The van der Waals surface area contributed by atoms with E-state index in [0.29, 0.717) is 12.6 Å². The van der Waals surface area contributed by atoms with Gasteiger partial charge in [-0.1, -0.05) is 6.92 Å². The van der Waals surface area contributed by atoms with Gasteiger partial charge in [-0.3, -0.25) is 0 Å². The van der Waals surface area contributed by atoms with E-state index in [-0.39, 0.29) is 6.03 Å². The molecule has 0 aromatic carbocycles. The summed E-state index contributed by atoms with van der Waals surface area (Å²) in [7, 11) is 0. The summed E-state index contributed by atoms with van der Waals surface area (Å²) in [5, 5.41) is 5.65. The maximum atomic E-state index is 11.4. The van der Waals surface area contributed by atoms with Crippen molar-refractivity contribution in [2.75, 3.05) is 13.1 Å². The van der Waals surface area contributed by atoms with Crippen LogP contribution in [0.1, 0.15) is 43.7 Å². The maximum absolute atomic E-state index is 11.4. The van der Waals surface area contributed by atoms with E-state index in [4.69, 9.17) is 0 Å². The van der Waals surface area contributed by atoms with Gasteiger partial charge in [0, 0.05) is 37.4 Å². The molecule has 1 aromatic rings. The van der Waals surface area contributed by atoms with Crippen LogP contribution in [0, 0.1) is 6.92 Å². The fraction of sp³-hybridized carbons (Fsp3) is 0.692. The van der Waals surface area contributed by atoms with E-state index in [1.807, 2.05) is 13.1 Å². The lowest BCUT2D eigenvalue weighted by Gasteiger charge is -2.09. The number of nitrogens with one attached hydrogen (secondary N) is 2. The van der Waals surface area contributed by atoms with E-state index >= 15 is 0 Å². The minimum atomic E-state index is -0.0851. The van der Waals surface area contributed by atoms with Crippen LogP contribution in [-0.2, 0) is 6.42 Å². The SMILES string of the molecule is CCCNC(=O)NCCc1ncc(C)n1C1CC1. The van der Waals surface area contributed by atoms with Crippen LogP contribution >= 0.6 is 0 Å². The molecule has 2 N–H and O–H groups in total. The van der Waals surface area contributed by atoms with E-state index in [9.17, 15) is 4.79 Å². The number of urea groups is 1. The van der Waals surface area contributed by atoms with Gasteiger partial charge in [0.1, 0.15) is 5.82 Å². The average molecular weight is 250 g/mol. The van der Waals surface area contributed by atoms with Crippen LogP contribution in [0.5, 0.6) is 0 Å². The quantitative estimate of drug-likeness (QED) is 0.808. The monoisotopic (exact) mass is 250 g/mol. The highest BCUT2D eigenvalue weighted by molar-refractivity contribution is 5.73. The molecule has 1 fully saturated rings. The van der Waals surface area contributed by atoms with E-state index in [2.05, 4.69) is 27.1 Å². The zero-order valence-corrected chi connectivity index (χ0v) is 11.2. The molecule has 1 aromatic heterocycles. The van der Waals surface area contributed by atoms with E-state index in [1.165, 1.54) is 18.5 Å². The second-order valence-corrected chi connectivity index (χ2v) is 4.85. The third-order valence-electron chi connectivity index (χ3n) is 3.14. The molecule has 1 heterocycles. The van der Waals surface area contributed by atoms with Crippen molar-refractivity contribution in [2.24, 2.45) is 0 Å². The van der Waals surface area contributed by atoms with Gasteiger partial charge in [-0.05, 0) is 26.2 Å². The Morgan fingerprint density at radius 3 is 2.83 bits per heavy atom. The minimum absolute atomic E-state index is 0.0851. The third-order valence-corrected chi connectivity index (χ3v) is 3.14. The van der Waals surface area contributed by atoms with Crippen molar-refractivity contribution < 1.29 is 4.79 Å². The Kier molecular flexibility index (Phi) is 4.23. The van der Waals surface area contributed by atoms with Crippen LogP contribution in [-0.4, -0.2) is 28.7 Å². The first-order valence-electron chi connectivity index (χ1n) is 6.76. The highest BCUT2D eigenvalue weighted by Crippen LogP contribution is 2.36. The molecule has 1 aliphatic rings. The fourth-order valence-corrected chi connectivity index (χ4v) is 2.10. The summed E-state index contributed by atoms with van der Waals surface area (Å²) >= 11 is 0. The van der Waals surface area contributed by atoms with Gasteiger partial charge >= 0.3 is 6.03 Å². The predicted molar refractivity (Wildman–Crippen MR) is 70.6 cm³/mol. The molecule has 0 saturated heterocycles. The molecule has 18 heavy (non-hydrogen) atoms. The van der Waals surface area contributed by atoms with Crippen molar-refractivity contribution >= 4 is 6.03 Å². The van der Waals surface area contributed by atoms with Crippen molar-refractivity contribution in [3.8, 4) is 0 Å². The van der Waals surface area contributed by atoms with Gasteiger partial charge in [-0.25, -0.2) is 9.78 Å². The fourth-order valence-electron chi connectivity index (χ4n) is 2.10. The standard InChI is InChI=1S/C13H22N4O/c1-3-7-14-13(18)15-8-6-12-16-9-10(2)17(12)11-4-5-11/h9,11H,3-8H2,1-2H3,(H2,14,15,18). The first-order valence-corrected chi connectivity index (χ1v) is 6.76. The van der Waals surface area contributed by atoms with Crippen molar-refractivity contribution in [1.29, 1.82) is 0 Å². The second kappa shape index (κ2) is 5.89. The van der Waals surface area contributed by atoms with E-state index in [1.54, 1.807) is 0 Å². The number of carbonyl (C=O) groups excluding carboxylic acids is 1. The van der Waals surface area contributed by atoms with Gasteiger partial charge in [0.15, 0.2) is 0 Å². The lowest BCUT2D eigenvalue weighted by atomic mass is 10.4. The lowest BCUT2D eigenvalue weighted by molar-refractivity contribution is 0.241. The summed E-state index contributed by atoms with van der Waals surface area (Å²) < 4.78 is 2.31. The number of aryl methyl sites for hydroxylation is 1. The highest BCUT2D eigenvalue weighted by Gasteiger charge is 2.26. The summed E-state index contributed by atoms with van der Waals surface area (Å²) in [5.74, 6) is 1.09. The molecule has 0 unspecified atom stereocenters. The zero-order chi connectivity index (χ0) is 13.0. The Balaban J connectivity index is 1.78. The topological polar surface area (TPSA) is 59.0 Å². The van der Waals surface area contributed by atoms with Crippen LogP contribution < -0.4 is 10.6 Å². The lowest BCUT2D eigenvalue weighted by Crippen LogP contribution is -2.37. The van der Waals surface area contributed by atoms with Crippen LogP contribution in [0.25, 0.3) is 0 Å². The summed E-state index contributed by atoms with van der Waals surface area (Å²) in [6.07, 6.45) is 6.19. The highest BCUT2D eigenvalue weighted by atomic mass is 16.2. The van der Waals surface area contributed by atoms with Crippen LogP contribution in [0.3, 0.4) is 0 Å². The largest absolute Gasteiger partial charge is 0.338 e. The smallest absolute Gasteiger partial charge is 0.314 e. The summed E-state index contributed by atoms with van der Waals surface area (Å²) in [6, 6.07) is 0.564. The molecule has 2 rings (SSSR count). The first kappa shape index (κ1) is 12.9. The normalized spacial score (nSPS) is 14.6. The Hall–Kier alpha value is -1.52. The number of nitrogens with zero attached hydrogens (tertiary/aromatic N) is 2. The van der Waals surface area contributed by atoms with E-state index < -0.39 is 0 Å². The number of carbonyl (C=O) groups is 1. The molecule has 5 heteroatoms. The Bertz CT molecular complexity index is 409. The molecule has 100 valence electrons. The summed E-state index contributed by atoms with van der Waals surface area (Å²) in [5.41, 5.74) is 1.22. The molecule has 0 atom stereocenters. The Morgan fingerprint density at radius 2 is 2.17 bits per heavy atom. The van der Waals surface area contributed by atoms with Crippen molar-refractivity contribution in [1.82, 2.24) is 20.2 Å². The van der Waals surface area contributed by atoms with Gasteiger partial charge in [0.25, 0.3) is 0 Å². The molecule has 2 amide bonds. The van der Waals surface area contributed by atoms with Crippen LogP contribution in [0.2, 0.25) is 0 Å². The number of imidazole rings is 1. The number of hydrogen-bond acceptors (Lipinski definition) is 2. The van der Waals surface area contributed by atoms with Crippen molar-refractivity contribution in [2.45, 2.75) is 45.6 Å². The van der Waals surface area contributed by atoms with Gasteiger partial charge in [0.05, 0.1) is 0 Å². The molecule has 1 saturated carbocycles. The number of rotatable bonds is 6. The van der Waals surface area contributed by atoms with Crippen LogP contribution in [0.15, 0.2) is 6.20 Å². The molecule has 0 aliphatic heterocycles. The van der Waals surface area contributed by atoms with E-state index in [0.717, 1.165) is 25.2 Å². The molecule has 5 nitrogen and oxygen atoms in total. The zero-order valence-electron chi connectivity index (χ0n) is 11.2. The predicted octanol–water partition coefficient (Wildman–Crippen LogP) is 1.78. The second-order valence-electron chi connectivity index (χ2n) is 4.85. The average Bonchev–Trinajstić information content (AvgIpc) is 3.12. The molecular weight excluding hydrogens is 228 g/mol. The number of aromatic nitrogens is 2. The number of hydrogen-bond donors (Lipinski definition) is 2. The van der Waals surface area contributed by atoms with Crippen LogP contribution in [0.4, 0.5) is 4.79 Å². The Morgan fingerprint density at radius 1 is 1.44 bits per heavy atom. The van der Waals surface area contributed by atoms with Crippen molar-refractivity contribution in [3.63, 3.8) is 0 Å². The first-order chi connectivity index (χ1) is 8.72. The summed E-state index contributed by atoms with van der Waals surface area (Å²) in [6.45, 7) is 5.49. The molecular formula is C13H22N4O. The van der Waals surface area contributed by atoms with Gasteiger partial charge in [0.2, 0.25) is 0 Å². The van der Waals surface area contributed by atoms with Gasteiger partial charge in [-0.15, -0.1) is 0 Å². The van der Waals surface area contributed by atoms with Gasteiger partial charge in [-0.2, -0.15) is 0 Å². The van der Waals surface area contributed by atoms with Crippen molar-refractivity contribution in [3.05, 3.63) is 17.7 Å². The Labute approximate surface area is 108 Å². The van der Waals surface area contributed by atoms with Gasteiger partial charge < -0.3 is 15.2 Å². The molecule has 0 spiro atoms. The molecule has 0 radical (unpaired) electrons. The molecule has 0 bridgehead atoms. The number of amides is 2. The third kappa shape index (κ3) is 3.24. The minimum Gasteiger partial charge on any atom is -0.338 e.